The first kappa shape index (κ1) is 18.2. The van der Waals surface area contributed by atoms with Crippen LogP contribution in [0.15, 0.2) is 60.9 Å². The van der Waals surface area contributed by atoms with Crippen LogP contribution in [0.3, 0.4) is 0 Å². The SMILES string of the molecule is Clc1ccc(-c2ncc(N3CCc4[nH]ncc4C3)nc2-c2ccc(Cl)cc2)cc1. The first-order chi connectivity index (χ1) is 14.2. The highest BCUT2D eigenvalue weighted by atomic mass is 35.5. The third-order valence-electron chi connectivity index (χ3n) is 5.12. The van der Waals surface area contributed by atoms with Gasteiger partial charge in [0.15, 0.2) is 0 Å². The Kier molecular flexibility index (Phi) is 4.70. The number of nitrogens with one attached hydrogen (secondary N) is 1. The van der Waals surface area contributed by atoms with E-state index in [1.54, 1.807) is 0 Å². The van der Waals surface area contributed by atoms with E-state index >= 15 is 0 Å². The maximum absolute atomic E-state index is 6.10. The summed E-state index contributed by atoms with van der Waals surface area (Å²) in [6.07, 6.45) is 4.64. The highest BCUT2D eigenvalue weighted by Gasteiger charge is 2.21. The summed E-state index contributed by atoms with van der Waals surface area (Å²) >= 11 is 12.2. The number of aromatic nitrogens is 4. The Balaban J connectivity index is 1.59. The van der Waals surface area contributed by atoms with Crippen LogP contribution >= 0.6 is 23.2 Å². The van der Waals surface area contributed by atoms with Crippen LogP contribution in [0.25, 0.3) is 22.5 Å². The first-order valence-corrected chi connectivity index (χ1v) is 10.1. The van der Waals surface area contributed by atoms with E-state index in [-0.39, 0.29) is 0 Å². The van der Waals surface area contributed by atoms with Crippen molar-refractivity contribution in [3.05, 3.63) is 82.2 Å². The average molecular weight is 422 g/mol. The van der Waals surface area contributed by atoms with Gasteiger partial charge in [-0.25, -0.2) is 4.98 Å². The van der Waals surface area contributed by atoms with E-state index in [9.17, 15) is 0 Å². The lowest BCUT2D eigenvalue weighted by atomic mass is 10.0. The van der Waals surface area contributed by atoms with Crippen LogP contribution in [0, 0.1) is 0 Å². The molecular formula is C22H17Cl2N5. The number of anilines is 1. The van der Waals surface area contributed by atoms with Gasteiger partial charge in [0.05, 0.1) is 23.8 Å². The number of nitrogens with zero attached hydrogens (tertiary/aromatic N) is 4. The molecule has 3 heterocycles. The van der Waals surface area contributed by atoms with Gasteiger partial charge in [0.2, 0.25) is 0 Å². The zero-order valence-electron chi connectivity index (χ0n) is 15.4. The van der Waals surface area contributed by atoms with Gasteiger partial charge in [-0.1, -0.05) is 47.5 Å². The minimum Gasteiger partial charge on any atom is -0.350 e. The first-order valence-electron chi connectivity index (χ1n) is 9.32. The second-order valence-corrected chi connectivity index (χ2v) is 7.86. The molecule has 5 rings (SSSR count). The maximum atomic E-state index is 6.10. The third kappa shape index (κ3) is 3.59. The number of fused-ring (bicyclic) bond motifs is 1. The van der Waals surface area contributed by atoms with Crippen molar-refractivity contribution in [2.24, 2.45) is 0 Å². The summed E-state index contributed by atoms with van der Waals surface area (Å²) in [7, 11) is 0. The molecule has 4 aromatic rings. The summed E-state index contributed by atoms with van der Waals surface area (Å²) in [6.45, 7) is 1.63. The Morgan fingerprint density at radius 3 is 2.17 bits per heavy atom. The van der Waals surface area contributed by atoms with Crippen LogP contribution in [-0.2, 0) is 13.0 Å². The van der Waals surface area contributed by atoms with Crippen molar-refractivity contribution in [2.45, 2.75) is 13.0 Å². The molecule has 0 bridgehead atoms. The normalized spacial score (nSPS) is 13.4. The molecule has 0 spiro atoms. The molecule has 0 atom stereocenters. The monoisotopic (exact) mass is 421 g/mol. The molecule has 1 aliphatic rings. The molecule has 0 saturated carbocycles. The highest BCUT2D eigenvalue weighted by Crippen LogP contribution is 2.33. The van der Waals surface area contributed by atoms with Gasteiger partial charge in [-0.15, -0.1) is 0 Å². The lowest BCUT2D eigenvalue weighted by molar-refractivity contribution is 0.709. The van der Waals surface area contributed by atoms with E-state index in [0.717, 1.165) is 47.8 Å². The largest absolute Gasteiger partial charge is 0.350 e. The molecule has 0 amide bonds. The Labute approximate surface area is 178 Å². The fourth-order valence-electron chi connectivity index (χ4n) is 3.58. The van der Waals surface area contributed by atoms with Crippen LogP contribution < -0.4 is 4.90 Å². The van der Waals surface area contributed by atoms with Gasteiger partial charge in [-0.3, -0.25) is 10.1 Å². The quantitative estimate of drug-likeness (QED) is 0.480. The second-order valence-electron chi connectivity index (χ2n) is 6.98. The summed E-state index contributed by atoms with van der Waals surface area (Å²) in [6, 6.07) is 15.3. The summed E-state index contributed by atoms with van der Waals surface area (Å²) in [5.74, 6) is 0.847. The topological polar surface area (TPSA) is 57.7 Å². The Hall–Kier alpha value is -2.89. The van der Waals surface area contributed by atoms with Crippen molar-refractivity contribution in [1.82, 2.24) is 20.2 Å². The van der Waals surface area contributed by atoms with Crippen LogP contribution in [-0.4, -0.2) is 26.7 Å². The average Bonchev–Trinajstić information content (AvgIpc) is 3.22. The number of benzene rings is 2. The Morgan fingerprint density at radius 1 is 0.828 bits per heavy atom. The fraction of sp³-hybridized carbons (Fsp3) is 0.136. The van der Waals surface area contributed by atoms with Gasteiger partial charge < -0.3 is 4.90 Å². The van der Waals surface area contributed by atoms with Crippen LogP contribution in [0.4, 0.5) is 5.82 Å². The molecule has 0 saturated heterocycles. The number of hydrogen-bond acceptors (Lipinski definition) is 4. The van der Waals surface area contributed by atoms with Gasteiger partial charge in [0.25, 0.3) is 0 Å². The summed E-state index contributed by atoms with van der Waals surface area (Å²) in [5.41, 5.74) is 5.97. The lowest BCUT2D eigenvalue weighted by Crippen LogP contribution is -2.30. The summed E-state index contributed by atoms with van der Waals surface area (Å²) in [5, 5.41) is 8.61. The van der Waals surface area contributed by atoms with E-state index in [1.165, 1.54) is 11.3 Å². The second kappa shape index (κ2) is 7.50. The fourth-order valence-corrected chi connectivity index (χ4v) is 3.83. The summed E-state index contributed by atoms with van der Waals surface area (Å²) in [4.78, 5) is 12.0. The standard InChI is InChI=1S/C22H17Cl2N5/c23-17-5-1-14(2-6-17)21-22(15-3-7-18(24)8-4-15)27-20(12-25-21)29-10-9-19-16(13-29)11-26-28-19/h1-8,11-12H,9-10,13H2,(H,26,28). The molecule has 1 N–H and O–H groups in total. The number of hydrogen-bond donors (Lipinski definition) is 1. The summed E-state index contributed by atoms with van der Waals surface area (Å²) < 4.78 is 0. The maximum Gasteiger partial charge on any atom is 0.148 e. The Morgan fingerprint density at radius 2 is 1.48 bits per heavy atom. The zero-order valence-corrected chi connectivity index (χ0v) is 17.0. The molecule has 7 heteroatoms. The predicted molar refractivity (Wildman–Crippen MR) is 116 cm³/mol. The van der Waals surface area contributed by atoms with Crippen molar-refractivity contribution >= 4 is 29.0 Å². The van der Waals surface area contributed by atoms with Gasteiger partial charge in [0, 0.05) is 51.9 Å². The lowest BCUT2D eigenvalue weighted by Gasteiger charge is -2.28. The third-order valence-corrected chi connectivity index (χ3v) is 5.62. The molecule has 144 valence electrons. The van der Waals surface area contributed by atoms with Crippen LogP contribution in [0.5, 0.6) is 0 Å². The molecule has 0 aliphatic carbocycles. The van der Waals surface area contributed by atoms with E-state index in [2.05, 4.69) is 15.1 Å². The van der Waals surface area contributed by atoms with Crippen molar-refractivity contribution < 1.29 is 0 Å². The van der Waals surface area contributed by atoms with Gasteiger partial charge in [-0.05, 0) is 24.3 Å². The van der Waals surface area contributed by atoms with Crippen LogP contribution in [0.1, 0.15) is 11.3 Å². The van der Waals surface area contributed by atoms with Gasteiger partial charge in [-0.2, -0.15) is 5.10 Å². The number of halogens is 2. The van der Waals surface area contributed by atoms with E-state index in [4.69, 9.17) is 33.2 Å². The number of rotatable bonds is 3. The molecule has 0 fully saturated rings. The van der Waals surface area contributed by atoms with Crippen LogP contribution in [0.2, 0.25) is 10.0 Å². The molecule has 0 unspecified atom stereocenters. The van der Waals surface area contributed by atoms with E-state index in [0.29, 0.717) is 10.0 Å². The smallest absolute Gasteiger partial charge is 0.148 e. The molecule has 1 aliphatic heterocycles. The van der Waals surface area contributed by atoms with Crippen molar-refractivity contribution in [3.8, 4) is 22.5 Å². The molecular weight excluding hydrogens is 405 g/mol. The zero-order chi connectivity index (χ0) is 19.8. The van der Waals surface area contributed by atoms with E-state index < -0.39 is 0 Å². The Bertz CT molecular complexity index is 1150. The predicted octanol–water partition coefficient (Wildman–Crippen LogP) is 5.40. The molecule has 2 aromatic carbocycles. The minimum absolute atomic E-state index is 0.689. The number of H-pyrrole nitrogens is 1. The molecule has 0 radical (unpaired) electrons. The van der Waals surface area contributed by atoms with Crippen molar-refractivity contribution in [3.63, 3.8) is 0 Å². The van der Waals surface area contributed by atoms with Crippen molar-refractivity contribution in [1.29, 1.82) is 0 Å². The molecule has 29 heavy (non-hydrogen) atoms. The molecule has 5 nitrogen and oxygen atoms in total. The highest BCUT2D eigenvalue weighted by molar-refractivity contribution is 6.31. The minimum atomic E-state index is 0.689. The van der Waals surface area contributed by atoms with E-state index in [1.807, 2.05) is 60.9 Å². The van der Waals surface area contributed by atoms with Gasteiger partial charge >= 0.3 is 0 Å². The van der Waals surface area contributed by atoms with Crippen molar-refractivity contribution in [2.75, 3.05) is 11.4 Å². The van der Waals surface area contributed by atoms with Gasteiger partial charge in [0.1, 0.15) is 5.82 Å². The number of aromatic amines is 1. The molecule has 2 aromatic heterocycles.